The van der Waals surface area contributed by atoms with Crippen LogP contribution in [0.5, 0.6) is 0 Å². The first-order valence-corrected chi connectivity index (χ1v) is 6.98. The molecule has 1 saturated heterocycles. The highest BCUT2D eigenvalue weighted by molar-refractivity contribution is 5.94. The molecule has 20 heavy (non-hydrogen) atoms. The van der Waals surface area contributed by atoms with Gasteiger partial charge in [-0.15, -0.1) is 0 Å². The van der Waals surface area contributed by atoms with Crippen molar-refractivity contribution in [1.29, 1.82) is 0 Å². The average molecular weight is 280 g/mol. The minimum absolute atomic E-state index is 0.126. The van der Waals surface area contributed by atoms with Gasteiger partial charge < -0.3 is 15.0 Å². The molecule has 1 heterocycles. The van der Waals surface area contributed by atoms with Crippen molar-refractivity contribution in [1.82, 2.24) is 10.2 Å². The summed E-state index contributed by atoms with van der Waals surface area (Å²) in [5.74, 6) is -0.742. The summed E-state index contributed by atoms with van der Waals surface area (Å²) in [4.78, 5) is 14.1. The summed E-state index contributed by atoms with van der Waals surface area (Å²) >= 11 is 0. The maximum Gasteiger partial charge on any atom is 0.256 e. The molecule has 4 nitrogen and oxygen atoms in total. The van der Waals surface area contributed by atoms with Gasteiger partial charge in [-0.2, -0.15) is 0 Å². The van der Waals surface area contributed by atoms with Gasteiger partial charge in [0.25, 0.3) is 5.91 Å². The number of hydrogen-bond acceptors (Lipinski definition) is 3. The van der Waals surface area contributed by atoms with E-state index in [4.69, 9.17) is 4.74 Å². The van der Waals surface area contributed by atoms with Crippen molar-refractivity contribution >= 4 is 5.91 Å². The highest BCUT2D eigenvalue weighted by atomic mass is 19.1. The SMILES string of the molecule is COCCN(CC1CCCN1)C(=O)c1ccccc1F. The number of carbonyl (C=O) groups is 1. The van der Waals surface area contributed by atoms with Crippen LogP contribution in [0.15, 0.2) is 24.3 Å². The highest BCUT2D eigenvalue weighted by Gasteiger charge is 2.23. The summed E-state index contributed by atoms with van der Waals surface area (Å²) < 4.78 is 18.8. The van der Waals surface area contributed by atoms with Crippen molar-refractivity contribution in [3.63, 3.8) is 0 Å². The molecule has 1 aromatic carbocycles. The van der Waals surface area contributed by atoms with E-state index in [9.17, 15) is 9.18 Å². The standard InChI is InChI=1S/C15H21FN2O2/c1-20-10-9-18(11-12-5-4-8-17-12)15(19)13-6-2-3-7-14(13)16/h2-3,6-7,12,17H,4-5,8-11H2,1H3. The van der Waals surface area contributed by atoms with Crippen LogP contribution in [0.1, 0.15) is 23.2 Å². The Morgan fingerprint density at radius 3 is 2.95 bits per heavy atom. The number of amides is 1. The van der Waals surface area contributed by atoms with Crippen molar-refractivity contribution in [3.8, 4) is 0 Å². The maximum atomic E-state index is 13.7. The second-order valence-corrected chi connectivity index (χ2v) is 5.02. The molecule has 1 unspecified atom stereocenters. The Balaban J connectivity index is 2.08. The zero-order chi connectivity index (χ0) is 14.4. The smallest absolute Gasteiger partial charge is 0.256 e. The normalized spacial score (nSPS) is 18.2. The maximum absolute atomic E-state index is 13.7. The molecule has 1 N–H and O–H groups in total. The van der Waals surface area contributed by atoms with Crippen molar-refractivity contribution in [2.24, 2.45) is 0 Å². The second-order valence-electron chi connectivity index (χ2n) is 5.02. The van der Waals surface area contributed by atoms with Crippen LogP contribution in [-0.4, -0.2) is 50.2 Å². The molecule has 1 atom stereocenters. The third-order valence-electron chi connectivity index (χ3n) is 3.56. The van der Waals surface area contributed by atoms with Crippen molar-refractivity contribution < 1.29 is 13.9 Å². The first kappa shape index (κ1) is 14.9. The minimum atomic E-state index is -0.473. The minimum Gasteiger partial charge on any atom is -0.383 e. The van der Waals surface area contributed by atoms with Crippen LogP contribution >= 0.6 is 0 Å². The van der Waals surface area contributed by atoms with E-state index < -0.39 is 5.82 Å². The Hall–Kier alpha value is -1.46. The fourth-order valence-corrected chi connectivity index (χ4v) is 2.46. The summed E-state index contributed by atoms with van der Waals surface area (Å²) in [5, 5.41) is 3.36. The number of ether oxygens (including phenoxy) is 1. The molecule has 2 rings (SSSR count). The van der Waals surface area contributed by atoms with Gasteiger partial charge in [0.05, 0.1) is 12.2 Å². The van der Waals surface area contributed by atoms with Gasteiger partial charge in [-0.1, -0.05) is 12.1 Å². The van der Waals surface area contributed by atoms with Gasteiger partial charge in [-0.05, 0) is 31.5 Å². The lowest BCUT2D eigenvalue weighted by molar-refractivity contribution is 0.0674. The molecule has 0 aromatic heterocycles. The number of benzene rings is 1. The average Bonchev–Trinajstić information content (AvgIpc) is 2.96. The third-order valence-corrected chi connectivity index (χ3v) is 3.56. The van der Waals surface area contributed by atoms with Crippen molar-refractivity contribution in [2.75, 3.05) is 33.4 Å². The number of carbonyl (C=O) groups excluding carboxylic acids is 1. The summed E-state index contributed by atoms with van der Waals surface area (Å²) in [5.41, 5.74) is 0.126. The van der Waals surface area contributed by atoms with Crippen LogP contribution in [0, 0.1) is 5.82 Å². The van der Waals surface area contributed by atoms with E-state index in [0.29, 0.717) is 25.7 Å². The summed E-state index contributed by atoms with van der Waals surface area (Å²) in [6, 6.07) is 6.40. The largest absolute Gasteiger partial charge is 0.383 e. The number of hydrogen-bond donors (Lipinski definition) is 1. The van der Waals surface area contributed by atoms with Crippen LogP contribution < -0.4 is 5.32 Å². The van der Waals surface area contributed by atoms with E-state index in [1.165, 1.54) is 12.1 Å². The molecule has 1 aliphatic heterocycles. The van der Waals surface area contributed by atoms with Gasteiger partial charge in [0.2, 0.25) is 0 Å². The topological polar surface area (TPSA) is 41.6 Å². The summed E-state index contributed by atoms with van der Waals surface area (Å²) in [6.07, 6.45) is 2.17. The second kappa shape index (κ2) is 7.36. The van der Waals surface area contributed by atoms with E-state index in [0.717, 1.165) is 19.4 Å². The first-order valence-electron chi connectivity index (χ1n) is 6.98. The molecule has 1 aromatic rings. The molecular formula is C15H21FN2O2. The van der Waals surface area contributed by atoms with E-state index in [1.807, 2.05) is 0 Å². The van der Waals surface area contributed by atoms with E-state index in [1.54, 1.807) is 24.1 Å². The molecule has 0 spiro atoms. The predicted octanol–water partition coefficient (Wildman–Crippen LogP) is 1.67. The molecule has 1 aliphatic rings. The molecule has 0 bridgehead atoms. The predicted molar refractivity (Wildman–Crippen MR) is 75.2 cm³/mol. The summed E-state index contributed by atoms with van der Waals surface area (Å²) in [6.45, 7) is 2.50. The molecular weight excluding hydrogens is 259 g/mol. The zero-order valence-corrected chi connectivity index (χ0v) is 11.8. The summed E-state index contributed by atoms with van der Waals surface area (Å²) in [7, 11) is 1.60. The first-order chi connectivity index (χ1) is 9.72. The lowest BCUT2D eigenvalue weighted by Gasteiger charge is -2.26. The number of nitrogens with one attached hydrogen (secondary N) is 1. The molecule has 5 heteroatoms. The molecule has 110 valence electrons. The number of methoxy groups -OCH3 is 1. The highest BCUT2D eigenvalue weighted by Crippen LogP contribution is 2.13. The van der Waals surface area contributed by atoms with E-state index in [2.05, 4.69) is 5.32 Å². The van der Waals surface area contributed by atoms with Crippen LogP contribution in [0.2, 0.25) is 0 Å². The van der Waals surface area contributed by atoms with Gasteiger partial charge in [0, 0.05) is 26.2 Å². The van der Waals surface area contributed by atoms with Crippen molar-refractivity contribution in [3.05, 3.63) is 35.6 Å². The van der Waals surface area contributed by atoms with Gasteiger partial charge in [0.15, 0.2) is 0 Å². The number of halogens is 1. The fourth-order valence-electron chi connectivity index (χ4n) is 2.46. The van der Waals surface area contributed by atoms with E-state index in [-0.39, 0.29) is 11.5 Å². The van der Waals surface area contributed by atoms with Gasteiger partial charge in [-0.3, -0.25) is 4.79 Å². The molecule has 0 saturated carbocycles. The molecule has 0 radical (unpaired) electrons. The van der Waals surface area contributed by atoms with Crippen LogP contribution in [0.4, 0.5) is 4.39 Å². The van der Waals surface area contributed by atoms with Gasteiger partial charge >= 0.3 is 0 Å². The van der Waals surface area contributed by atoms with E-state index >= 15 is 0 Å². The monoisotopic (exact) mass is 280 g/mol. The lowest BCUT2D eigenvalue weighted by atomic mass is 10.1. The zero-order valence-electron chi connectivity index (χ0n) is 11.8. The van der Waals surface area contributed by atoms with Crippen LogP contribution in [0.25, 0.3) is 0 Å². The molecule has 1 amide bonds. The quantitative estimate of drug-likeness (QED) is 0.862. The molecule has 1 fully saturated rings. The Kier molecular flexibility index (Phi) is 5.49. The Bertz CT molecular complexity index is 447. The number of nitrogens with zero attached hydrogens (tertiary/aromatic N) is 1. The van der Waals surface area contributed by atoms with Crippen LogP contribution in [0.3, 0.4) is 0 Å². The Morgan fingerprint density at radius 2 is 2.30 bits per heavy atom. The van der Waals surface area contributed by atoms with Crippen LogP contribution in [-0.2, 0) is 4.74 Å². The van der Waals surface area contributed by atoms with Crippen molar-refractivity contribution in [2.45, 2.75) is 18.9 Å². The fraction of sp³-hybridized carbons (Fsp3) is 0.533. The Morgan fingerprint density at radius 1 is 1.50 bits per heavy atom. The Labute approximate surface area is 118 Å². The van der Waals surface area contributed by atoms with Gasteiger partial charge in [0.1, 0.15) is 5.82 Å². The third kappa shape index (κ3) is 3.77. The lowest BCUT2D eigenvalue weighted by Crippen LogP contribution is -2.42. The molecule has 0 aliphatic carbocycles. The number of rotatable bonds is 6. The van der Waals surface area contributed by atoms with Gasteiger partial charge in [-0.25, -0.2) is 4.39 Å².